The van der Waals surface area contributed by atoms with Crippen molar-refractivity contribution in [1.29, 1.82) is 0 Å². The van der Waals surface area contributed by atoms with Gasteiger partial charge >= 0.3 is 5.97 Å². The number of hydrogen-bond acceptors (Lipinski definition) is 2. The molecule has 0 heterocycles. The molecule has 0 radical (unpaired) electrons. The van der Waals surface area contributed by atoms with Crippen molar-refractivity contribution in [3.63, 3.8) is 0 Å². The minimum Gasteiger partial charge on any atom is -0.469 e. The number of esters is 1. The highest BCUT2D eigenvalue weighted by molar-refractivity contribution is 5.73. The van der Waals surface area contributed by atoms with Crippen molar-refractivity contribution < 1.29 is 9.53 Å². The van der Waals surface area contributed by atoms with Crippen LogP contribution in [0.3, 0.4) is 0 Å². The van der Waals surface area contributed by atoms with E-state index < -0.39 is 0 Å². The van der Waals surface area contributed by atoms with Crippen molar-refractivity contribution in [3.8, 4) is 0 Å². The molecule has 2 nitrogen and oxygen atoms in total. The van der Waals surface area contributed by atoms with Crippen LogP contribution in [0.1, 0.15) is 19.8 Å². The number of carbonyl (C=O) groups is 1. The molecule has 0 saturated heterocycles. The van der Waals surface area contributed by atoms with Gasteiger partial charge in [-0.25, -0.2) is 0 Å². The van der Waals surface area contributed by atoms with Gasteiger partial charge in [0.1, 0.15) is 0 Å². The summed E-state index contributed by atoms with van der Waals surface area (Å²) >= 11 is 0. The molecule has 3 fully saturated rings. The van der Waals surface area contributed by atoms with Crippen LogP contribution < -0.4 is 0 Å². The van der Waals surface area contributed by atoms with E-state index in [1.807, 2.05) is 6.92 Å². The van der Waals surface area contributed by atoms with Crippen molar-refractivity contribution >= 4 is 5.97 Å². The molecule has 0 aromatic heterocycles. The maximum Gasteiger partial charge on any atom is 0.308 e. The maximum atomic E-state index is 11.3. The van der Waals surface area contributed by atoms with Gasteiger partial charge in [-0.2, -0.15) is 0 Å². The predicted molar refractivity (Wildman–Crippen MR) is 47.9 cm³/mol. The van der Waals surface area contributed by atoms with E-state index in [1.54, 1.807) is 0 Å². The van der Waals surface area contributed by atoms with Crippen molar-refractivity contribution in [2.45, 2.75) is 19.8 Å². The number of hydrogen-bond donors (Lipinski definition) is 0. The quantitative estimate of drug-likeness (QED) is 0.604. The fourth-order valence-electron chi connectivity index (χ4n) is 3.76. The lowest BCUT2D eigenvalue weighted by Gasteiger charge is -2.09. The highest BCUT2D eigenvalue weighted by Gasteiger charge is 2.69. The third-order valence-corrected chi connectivity index (χ3v) is 4.49. The number of rotatable bonds is 2. The van der Waals surface area contributed by atoms with Gasteiger partial charge in [-0.3, -0.25) is 4.79 Å². The van der Waals surface area contributed by atoms with Gasteiger partial charge in [0.2, 0.25) is 0 Å². The van der Waals surface area contributed by atoms with E-state index in [-0.39, 0.29) is 11.9 Å². The van der Waals surface area contributed by atoms with E-state index in [9.17, 15) is 4.79 Å². The fraction of sp³-hybridized carbons (Fsp3) is 0.909. The molecule has 0 amide bonds. The number of fused-ring (bicyclic) bond motifs is 3. The van der Waals surface area contributed by atoms with E-state index in [2.05, 4.69) is 0 Å². The Morgan fingerprint density at radius 1 is 1.38 bits per heavy atom. The van der Waals surface area contributed by atoms with Crippen LogP contribution in [0.25, 0.3) is 0 Å². The van der Waals surface area contributed by atoms with E-state index >= 15 is 0 Å². The van der Waals surface area contributed by atoms with E-state index in [0.717, 1.165) is 23.7 Å². The molecule has 2 unspecified atom stereocenters. The number of methoxy groups -OCH3 is 1. The van der Waals surface area contributed by atoms with Gasteiger partial charge in [0.15, 0.2) is 0 Å². The minimum absolute atomic E-state index is 0.00315. The third kappa shape index (κ3) is 0.918. The van der Waals surface area contributed by atoms with Gasteiger partial charge < -0.3 is 4.74 Å². The van der Waals surface area contributed by atoms with Crippen molar-refractivity contribution in [3.05, 3.63) is 0 Å². The lowest BCUT2D eigenvalue weighted by Crippen LogP contribution is -2.17. The molecule has 2 heteroatoms. The Morgan fingerprint density at radius 2 is 2.08 bits per heavy atom. The Hall–Kier alpha value is -0.530. The molecule has 3 rings (SSSR count). The van der Waals surface area contributed by atoms with Crippen LogP contribution in [-0.4, -0.2) is 13.1 Å². The summed E-state index contributed by atoms with van der Waals surface area (Å²) in [5.74, 6) is 4.67. The zero-order valence-corrected chi connectivity index (χ0v) is 8.19. The highest BCUT2D eigenvalue weighted by atomic mass is 16.5. The summed E-state index contributed by atoms with van der Waals surface area (Å²) in [4.78, 5) is 11.3. The first kappa shape index (κ1) is 7.84. The Labute approximate surface area is 78.6 Å². The van der Waals surface area contributed by atoms with E-state index in [4.69, 9.17) is 4.74 Å². The standard InChI is InChI=1S/C11H16O2/c1-5(11(12)13-2)9-8-4-6-3-7(6)10(8)9/h5-10H,3-4H2,1-2H3/t5?,6-,7?,8-,9-,10-/m0/s1. The van der Waals surface area contributed by atoms with Gasteiger partial charge in [0, 0.05) is 0 Å². The molecular formula is C11H16O2. The van der Waals surface area contributed by atoms with Crippen LogP contribution in [0.15, 0.2) is 0 Å². The molecule has 6 atom stereocenters. The van der Waals surface area contributed by atoms with Crippen LogP contribution in [0.2, 0.25) is 0 Å². The van der Waals surface area contributed by atoms with Gasteiger partial charge in [-0.05, 0) is 42.4 Å². The Kier molecular flexibility index (Phi) is 1.38. The number of ether oxygens (including phenoxy) is 1. The van der Waals surface area contributed by atoms with Gasteiger partial charge in [-0.1, -0.05) is 6.92 Å². The minimum atomic E-state index is -0.00315. The molecular weight excluding hydrogens is 164 g/mol. The van der Waals surface area contributed by atoms with Crippen LogP contribution in [0.4, 0.5) is 0 Å². The number of carbonyl (C=O) groups excluding carboxylic acids is 1. The van der Waals surface area contributed by atoms with Crippen LogP contribution in [0, 0.1) is 35.5 Å². The first-order valence-electron chi connectivity index (χ1n) is 5.32. The Morgan fingerprint density at radius 3 is 2.62 bits per heavy atom. The second-order valence-electron chi connectivity index (χ2n) is 5.03. The van der Waals surface area contributed by atoms with Crippen LogP contribution in [0.5, 0.6) is 0 Å². The molecule has 0 bridgehead atoms. The highest BCUT2D eigenvalue weighted by Crippen LogP contribution is 2.74. The third-order valence-electron chi connectivity index (χ3n) is 4.49. The zero-order valence-electron chi connectivity index (χ0n) is 8.19. The summed E-state index contributed by atoms with van der Waals surface area (Å²) in [5.41, 5.74) is 0. The molecule has 0 aromatic rings. The smallest absolute Gasteiger partial charge is 0.308 e. The second-order valence-corrected chi connectivity index (χ2v) is 5.03. The summed E-state index contributed by atoms with van der Waals surface area (Å²) in [7, 11) is 1.50. The lowest BCUT2D eigenvalue weighted by molar-refractivity contribution is -0.145. The Bertz CT molecular complexity index is 261. The van der Waals surface area contributed by atoms with Crippen molar-refractivity contribution in [1.82, 2.24) is 0 Å². The average Bonchev–Trinajstić information content (AvgIpc) is 3.02. The normalized spacial score (nSPS) is 52.0. The molecule has 3 aliphatic carbocycles. The van der Waals surface area contributed by atoms with Crippen LogP contribution >= 0.6 is 0 Å². The predicted octanol–water partition coefficient (Wildman–Crippen LogP) is 1.70. The van der Waals surface area contributed by atoms with Crippen molar-refractivity contribution in [2.24, 2.45) is 35.5 Å². The molecule has 3 saturated carbocycles. The van der Waals surface area contributed by atoms with Crippen LogP contribution in [-0.2, 0) is 9.53 Å². The molecule has 0 N–H and O–H groups in total. The largest absolute Gasteiger partial charge is 0.469 e. The fourth-order valence-corrected chi connectivity index (χ4v) is 3.76. The summed E-state index contributed by atoms with van der Waals surface area (Å²) in [6, 6.07) is 0. The summed E-state index contributed by atoms with van der Waals surface area (Å²) in [6.07, 6.45) is 2.85. The molecule has 0 spiro atoms. The molecule has 3 aliphatic rings. The van der Waals surface area contributed by atoms with Gasteiger partial charge in [0.05, 0.1) is 13.0 Å². The summed E-state index contributed by atoms with van der Waals surface area (Å²) < 4.78 is 4.79. The zero-order chi connectivity index (χ0) is 9.16. The Balaban J connectivity index is 1.66. The average molecular weight is 180 g/mol. The summed E-state index contributed by atoms with van der Waals surface area (Å²) in [6.45, 7) is 2.03. The van der Waals surface area contributed by atoms with Gasteiger partial charge in [0.25, 0.3) is 0 Å². The van der Waals surface area contributed by atoms with E-state index in [1.165, 1.54) is 20.0 Å². The monoisotopic (exact) mass is 180 g/mol. The SMILES string of the molecule is COC(=O)C(C)[C@H]1[C@@H]2C[C@@H]3CC3[C@@H]21. The first-order chi connectivity index (χ1) is 6.24. The molecule has 72 valence electrons. The maximum absolute atomic E-state index is 11.3. The molecule has 13 heavy (non-hydrogen) atoms. The van der Waals surface area contributed by atoms with Crippen molar-refractivity contribution in [2.75, 3.05) is 7.11 Å². The molecule has 0 aromatic carbocycles. The first-order valence-corrected chi connectivity index (χ1v) is 5.32. The topological polar surface area (TPSA) is 26.3 Å². The lowest BCUT2D eigenvalue weighted by atomic mass is 9.99. The van der Waals surface area contributed by atoms with E-state index in [0.29, 0.717) is 5.92 Å². The molecule has 0 aliphatic heterocycles. The second kappa shape index (κ2) is 2.28. The summed E-state index contributed by atoms with van der Waals surface area (Å²) in [5, 5.41) is 0. The van der Waals surface area contributed by atoms with Gasteiger partial charge in [-0.15, -0.1) is 0 Å².